The van der Waals surface area contributed by atoms with E-state index in [1.165, 1.54) is 17.4 Å². The Balaban J connectivity index is 1.64. The second kappa shape index (κ2) is 7.56. The van der Waals surface area contributed by atoms with E-state index in [2.05, 4.69) is 15.1 Å². The summed E-state index contributed by atoms with van der Waals surface area (Å²) in [6.45, 7) is 0. The van der Waals surface area contributed by atoms with E-state index in [0.717, 1.165) is 21.2 Å². The Morgan fingerprint density at radius 3 is 2.58 bits per heavy atom. The fraction of sp³-hybridized carbons (Fsp3) is 0.0833. The molecule has 0 radical (unpaired) electrons. The third-order valence-corrected chi connectivity index (χ3v) is 6.49. The quantitative estimate of drug-likeness (QED) is 0.316. The summed E-state index contributed by atoms with van der Waals surface area (Å²) in [7, 11) is 1.60. The summed E-state index contributed by atoms with van der Waals surface area (Å²) in [4.78, 5) is 14.1. The average Bonchev–Trinajstić information content (AvgIpc) is 3.45. The van der Waals surface area contributed by atoms with Crippen LogP contribution in [0.2, 0.25) is 0 Å². The van der Waals surface area contributed by atoms with Crippen LogP contribution < -0.4 is 4.74 Å². The van der Waals surface area contributed by atoms with Crippen molar-refractivity contribution in [2.45, 2.75) is 6.43 Å². The van der Waals surface area contributed by atoms with Gasteiger partial charge in [-0.3, -0.25) is 0 Å². The number of pyridine rings is 1. The molecule has 0 spiro atoms. The van der Waals surface area contributed by atoms with Crippen LogP contribution in [-0.4, -0.2) is 31.7 Å². The molecule has 0 atom stereocenters. The van der Waals surface area contributed by atoms with Gasteiger partial charge in [-0.15, -0.1) is 16.4 Å². The van der Waals surface area contributed by atoms with Crippen molar-refractivity contribution < 1.29 is 13.5 Å². The molecule has 6 rings (SSSR count). The lowest BCUT2D eigenvalue weighted by molar-refractivity contribution is 0.146. The van der Waals surface area contributed by atoms with Crippen molar-refractivity contribution in [3.63, 3.8) is 0 Å². The van der Waals surface area contributed by atoms with E-state index in [1.54, 1.807) is 18.0 Å². The molecule has 9 heteroatoms. The molecule has 0 aliphatic carbocycles. The number of ether oxygens (including phenoxy) is 1. The normalized spacial score (nSPS) is 11.8. The predicted molar refractivity (Wildman–Crippen MR) is 124 cm³/mol. The van der Waals surface area contributed by atoms with Crippen molar-refractivity contribution >= 4 is 37.4 Å². The van der Waals surface area contributed by atoms with Crippen molar-refractivity contribution in [3.8, 4) is 28.3 Å². The highest BCUT2D eigenvalue weighted by Gasteiger charge is 2.21. The smallest absolute Gasteiger partial charge is 0.280 e. The number of benzene rings is 2. The predicted octanol–water partition coefficient (Wildman–Crippen LogP) is 6.17. The second-order valence-corrected chi connectivity index (χ2v) is 8.40. The maximum absolute atomic E-state index is 13.6. The maximum atomic E-state index is 13.6. The van der Waals surface area contributed by atoms with Gasteiger partial charge < -0.3 is 4.74 Å². The number of rotatable bonds is 4. The molecule has 33 heavy (non-hydrogen) atoms. The number of hydrogen-bond donors (Lipinski definition) is 0. The third-order valence-electron chi connectivity index (χ3n) is 5.42. The molecule has 0 bridgehead atoms. The molecule has 0 fully saturated rings. The van der Waals surface area contributed by atoms with E-state index in [0.29, 0.717) is 33.1 Å². The van der Waals surface area contributed by atoms with Crippen LogP contribution in [0.3, 0.4) is 0 Å². The molecule has 2 aromatic carbocycles. The molecule has 6 aromatic rings. The number of fused-ring (bicyclic) bond motifs is 5. The topological polar surface area (TPSA) is 65.2 Å². The van der Waals surface area contributed by atoms with Gasteiger partial charge in [-0.1, -0.05) is 42.5 Å². The highest BCUT2D eigenvalue weighted by Crippen LogP contribution is 2.41. The van der Waals surface area contributed by atoms with Crippen LogP contribution in [-0.2, 0) is 0 Å². The first-order valence-corrected chi connectivity index (χ1v) is 10.9. The monoisotopic (exact) mass is 459 g/mol. The Kier molecular flexibility index (Phi) is 4.51. The average molecular weight is 459 g/mol. The first-order valence-electron chi connectivity index (χ1n) is 10.1. The van der Waals surface area contributed by atoms with E-state index in [1.807, 2.05) is 54.6 Å². The van der Waals surface area contributed by atoms with Gasteiger partial charge in [0.2, 0.25) is 0 Å². The van der Waals surface area contributed by atoms with Gasteiger partial charge in [-0.2, -0.15) is 0 Å². The molecule has 4 heterocycles. The second-order valence-electron chi connectivity index (χ2n) is 7.40. The van der Waals surface area contributed by atoms with Gasteiger partial charge >= 0.3 is 0 Å². The number of hydrogen-bond acceptors (Lipinski definition) is 6. The number of thiophene rings is 1. The van der Waals surface area contributed by atoms with Crippen LogP contribution in [0.25, 0.3) is 48.6 Å². The fourth-order valence-electron chi connectivity index (χ4n) is 3.89. The molecule has 0 unspecified atom stereocenters. The van der Waals surface area contributed by atoms with Crippen LogP contribution >= 0.6 is 11.3 Å². The van der Waals surface area contributed by atoms with Gasteiger partial charge in [0.1, 0.15) is 27.3 Å². The van der Waals surface area contributed by atoms with Gasteiger partial charge in [0, 0.05) is 10.9 Å². The summed E-state index contributed by atoms with van der Waals surface area (Å²) < 4.78 is 34.9. The Hall–Kier alpha value is -3.98. The van der Waals surface area contributed by atoms with Crippen LogP contribution in [0.4, 0.5) is 8.78 Å². The number of halogens is 2. The zero-order valence-corrected chi connectivity index (χ0v) is 18.1. The van der Waals surface area contributed by atoms with E-state index in [4.69, 9.17) is 9.72 Å². The van der Waals surface area contributed by atoms with Crippen molar-refractivity contribution in [1.29, 1.82) is 0 Å². The summed E-state index contributed by atoms with van der Waals surface area (Å²) in [5, 5.41) is 5.29. The Morgan fingerprint density at radius 2 is 1.79 bits per heavy atom. The minimum atomic E-state index is -2.68. The van der Waals surface area contributed by atoms with E-state index < -0.39 is 6.43 Å². The molecule has 0 aliphatic rings. The number of methoxy groups -OCH3 is 1. The van der Waals surface area contributed by atoms with Crippen LogP contribution in [0, 0.1) is 0 Å². The third kappa shape index (κ3) is 3.20. The standard InChI is InChI=1S/C24H15F2N5OS/c1-32-15-9-5-8-14(10-15)22-29-23-20-19(27-12-31(23)30-22)18-16(13-6-3-2-4-7-13)11-17(21(25)26)28-24(18)33-20/h2-12,21H,1H3. The lowest BCUT2D eigenvalue weighted by atomic mass is 10.0. The van der Waals surface area contributed by atoms with Gasteiger partial charge in [0.25, 0.3) is 6.43 Å². The van der Waals surface area contributed by atoms with Crippen LogP contribution in [0.1, 0.15) is 12.1 Å². The summed E-state index contributed by atoms with van der Waals surface area (Å²) in [5.41, 5.74) is 3.30. The first kappa shape index (κ1) is 19.7. The molecule has 0 amide bonds. The number of aromatic nitrogens is 5. The molecule has 0 N–H and O–H groups in total. The first-order chi connectivity index (χ1) is 16.1. The summed E-state index contributed by atoms with van der Waals surface area (Å²) in [6.07, 6.45) is -1.08. The molecule has 0 saturated heterocycles. The van der Waals surface area contributed by atoms with Gasteiger partial charge in [-0.25, -0.2) is 28.2 Å². The molecule has 4 aromatic heterocycles. The Labute approximate surface area is 190 Å². The largest absolute Gasteiger partial charge is 0.497 e. The molecule has 162 valence electrons. The number of nitrogens with zero attached hydrogens (tertiary/aromatic N) is 5. The van der Waals surface area contributed by atoms with Crippen LogP contribution in [0.5, 0.6) is 5.75 Å². The van der Waals surface area contributed by atoms with E-state index >= 15 is 0 Å². The Bertz CT molecular complexity index is 1650. The van der Waals surface area contributed by atoms with Crippen LogP contribution in [0.15, 0.2) is 67.0 Å². The van der Waals surface area contributed by atoms with E-state index in [9.17, 15) is 8.78 Å². The number of alkyl halides is 2. The highest BCUT2D eigenvalue weighted by atomic mass is 32.1. The minimum absolute atomic E-state index is 0.262. The molecule has 0 aliphatic heterocycles. The van der Waals surface area contributed by atoms with Crippen molar-refractivity contribution in [3.05, 3.63) is 72.7 Å². The molecule has 0 saturated carbocycles. The maximum Gasteiger partial charge on any atom is 0.280 e. The van der Waals surface area contributed by atoms with Gasteiger partial charge in [0.15, 0.2) is 11.5 Å². The van der Waals surface area contributed by atoms with Gasteiger partial charge in [0.05, 0.1) is 12.6 Å². The van der Waals surface area contributed by atoms with Crippen molar-refractivity contribution in [2.24, 2.45) is 0 Å². The van der Waals surface area contributed by atoms with Crippen molar-refractivity contribution in [1.82, 2.24) is 24.6 Å². The van der Waals surface area contributed by atoms with Crippen molar-refractivity contribution in [2.75, 3.05) is 7.11 Å². The SMILES string of the molecule is COc1cccc(-c2nc3c4sc5nc(C(F)F)cc(-c6ccccc6)c5c4ncn3n2)c1. The molecular formula is C24H15F2N5OS. The van der Waals surface area contributed by atoms with Gasteiger partial charge in [-0.05, 0) is 29.3 Å². The molecular weight excluding hydrogens is 444 g/mol. The minimum Gasteiger partial charge on any atom is -0.497 e. The zero-order chi connectivity index (χ0) is 22.5. The lowest BCUT2D eigenvalue weighted by Gasteiger charge is -2.07. The zero-order valence-electron chi connectivity index (χ0n) is 17.2. The summed E-state index contributed by atoms with van der Waals surface area (Å²) in [5.74, 6) is 1.22. The Morgan fingerprint density at radius 1 is 0.970 bits per heavy atom. The fourth-order valence-corrected chi connectivity index (χ4v) is 5.02. The molecule has 6 nitrogen and oxygen atoms in total. The summed E-state index contributed by atoms with van der Waals surface area (Å²) >= 11 is 1.29. The lowest BCUT2D eigenvalue weighted by Crippen LogP contribution is -1.93. The van der Waals surface area contributed by atoms with E-state index in [-0.39, 0.29) is 5.69 Å². The summed E-state index contributed by atoms with van der Waals surface area (Å²) in [6, 6.07) is 18.4. The highest BCUT2D eigenvalue weighted by molar-refractivity contribution is 7.26.